The summed E-state index contributed by atoms with van der Waals surface area (Å²) in [5, 5.41) is 1.82. The lowest BCUT2D eigenvalue weighted by Crippen LogP contribution is -2.21. The smallest absolute Gasteiger partial charge is 0.262 e. The predicted molar refractivity (Wildman–Crippen MR) is 76.5 cm³/mol. The Hall–Kier alpha value is -2.49. The van der Waals surface area contributed by atoms with E-state index in [2.05, 4.69) is 0 Å². The number of nitrogens with two attached hydrogens (primary N) is 1. The van der Waals surface area contributed by atoms with E-state index in [0.29, 0.717) is 10.4 Å². The van der Waals surface area contributed by atoms with Crippen molar-refractivity contribution in [2.24, 2.45) is 5.73 Å². The summed E-state index contributed by atoms with van der Waals surface area (Å²) >= 11 is 0.876. The third-order valence-electron chi connectivity index (χ3n) is 3.30. The lowest BCUT2D eigenvalue weighted by atomic mass is 10.1. The Labute approximate surface area is 136 Å². The van der Waals surface area contributed by atoms with Crippen LogP contribution in [0.25, 0.3) is 0 Å². The molecule has 0 saturated carbocycles. The molecule has 0 aliphatic heterocycles. The molecule has 1 heterocycles. The van der Waals surface area contributed by atoms with Crippen molar-refractivity contribution in [1.29, 1.82) is 0 Å². The lowest BCUT2D eigenvalue weighted by molar-refractivity contribution is 0.100. The van der Waals surface area contributed by atoms with Gasteiger partial charge in [-0.3, -0.25) is 9.59 Å². The number of amides is 2. The van der Waals surface area contributed by atoms with Crippen molar-refractivity contribution >= 4 is 28.2 Å². The van der Waals surface area contributed by atoms with Crippen molar-refractivity contribution in [3.05, 3.63) is 50.7 Å². The second kappa shape index (κ2) is 6.19. The number of hydrogen-bond acceptors (Lipinski definition) is 3. The molecule has 10 heteroatoms. The Morgan fingerprint density at radius 2 is 1.33 bits per heavy atom. The molecule has 128 valence electrons. The fraction of sp³-hybridized carbons (Fsp3) is 0.143. The standard InChI is InChI=1S/C14H9F5N2O2S/c1-3-4(2)24-14(5(3)12(20)22)21-13(23)6-7(15)9(17)11(19)10(18)8(6)16/h1-2H3,(H2,20,22)(H,21,23). The van der Waals surface area contributed by atoms with Gasteiger partial charge in [-0.2, -0.15) is 0 Å². The first kappa shape index (κ1) is 17.9. The normalized spacial score (nSPS) is 10.8. The Morgan fingerprint density at radius 3 is 1.79 bits per heavy atom. The summed E-state index contributed by atoms with van der Waals surface area (Å²) in [6.45, 7) is 3.13. The molecule has 1 aromatic carbocycles. The first-order chi connectivity index (χ1) is 11.1. The van der Waals surface area contributed by atoms with E-state index >= 15 is 0 Å². The molecular formula is C14H9F5N2O2S. The van der Waals surface area contributed by atoms with Crippen LogP contribution < -0.4 is 11.1 Å². The van der Waals surface area contributed by atoms with E-state index in [1.165, 1.54) is 6.92 Å². The van der Waals surface area contributed by atoms with Crippen LogP contribution in [0.15, 0.2) is 0 Å². The number of primary amides is 1. The van der Waals surface area contributed by atoms with Crippen LogP contribution in [-0.2, 0) is 0 Å². The number of thiophene rings is 1. The topological polar surface area (TPSA) is 72.2 Å². The van der Waals surface area contributed by atoms with Gasteiger partial charge in [0, 0.05) is 4.88 Å². The number of benzene rings is 1. The minimum absolute atomic E-state index is 0.102. The molecule has 0 aliphatic rings. The van der Waals surface area contributed by atoms with E-state index in [0.717, 1.165) is 11.3 Å². The number of hydrogen-bond donors (Lipinski definition) is 2. The summed E-state index contributed by atoms with van der Waals surface area (Å²) in [6.07, 6.45) is 0. The molecule has 0 saturated heterocycles. The maximum atomic E-state index is 13.6. The second-order valence-electron chi connectivity index (χ2n) is 4.75. The van der Waals surface area contributed by atoms with Crippen molar-refractivity contribution in [2.45, 2.75) is 13.8 Å². The highest BCUT2D eigenvalue weighted by atomic mass is 32.1. The number of anilines is 1. The zero-order valence-electron chi connectivity index (χ0n) is 12.2. The average Bonchev–Trinajstić information content (AvgIpc) is 2.77. The van der Waals surface area contributed by atoms with Crippen molar-refractivity contribution in [3.8, 4) is 0 Å². The Morgan fingerprint density at radius 1 is 0.875 bits per heavy atom. The maximum absolute atomic E-state index is 13.6. The van der Waals surface area contributed by atoms with Crippen LogP contribution in [0.2, 0.25) is 0 Å². The van der Waals surface area contributed by atoms with E-state index in [4.69, 9.17) is 5.73 Å². The first-order valence-corrected chi connectivity index (χ1v) is 7.12. The fourth-order valence-electron chi connectivity index (χ4n) is 1.98. The molecule has 1 aromatic heterocycles. The predicted octanol–water partition coefficient (Wildman–Crippen LogP) is 3.41. The van der Waals surface area contributed by atoms with Gasteiger partial charge in [0.2, 0.25) is 5.82 Å². The van der Waals surface area contributed by atoms with Crippen LogP contribution in [0.5, 0.6) is 0 Å². The Balaban J connectivity index is 2.54. The van der Waals surface area contributed by atoms with Gasteiger partial charge < -0.3 is 11.1 Å². The maximum Gasteiger partial charge on any atom is 0.262 e. The molecule has 0 radical (unpaired) electrons. The van der Waals surface area contributed by atoms with Crippen molar-refractivity contribution < 1.29 is 31.5 Å². The summed E-state index contributed by atoms with van der Waals surface area (Å²) in [7, 11) is 0. The van der Waals surface area contributed by atoms with Crippen LogP contribution in [0.3, 0.4) is 0 Å². The van der Waals surface area contributed by atoms with E-state index in [1.54, 1.807) is 6.92 Å². The van der Waals surface area contributed by atoms with Gasteiger partial charge in [-0.1, -0.05) is 0 Å². The average molecular weight is 364 g/mol. The summed E-state index contributed by atoms with van der Waals surface area (Å²) in [4.78, 5) is 24.0. The van der Waals surface area contributed by atoms with Crippen LogP contribution in [0.4, 0.5) is 27.0 Å². The molecule has 0 fully saturated rings. The number of carbonyl (C=O) groups is 2. The van der Waals surface area contributed by atoms with Gasteiger partial charge in [0.05, 0.1) is 5.56 Å². The highest BCUT2D eigenvalue weighted by Gasteiger charge is 2.30. The minimum atomic E-state index is -2.37. The largest absolute Gasteiger partial charge is 0.365 e. The molecule has 0 unspecified atom stereocenters. The van der Waals surface area contributed by atoms with Gasteiger partial charge in [-0.05, 0) is 19.4 Å². The van der Waals surface area contributed by atoms with E-state index in [9.17, 15) is 31.5 Å². The number of aryl methyl sites for hydroxylation is 1. The van der Waals surface area contributed by atoms with Crippen LogP contribution in [0, 0.1) is 42.9 Å². The quantitative estimate of drug-likeness (QED) is 0.498. The zero-order valence-corrected chi connectivity index (χ0v) is 13.0. The molecule has 0 atom stereocenters. The molecule has 0 bridgehead atoms. The Bertz CT molecular complexity index is 850. The first-order valence-electron chi connectivity index (χ1n) is 6.30. The third kappa shape index (κ3) is 2.73. The van der Waals surface area contributed by atoms with Crippen molar-refractivity contribution in [1.82, 2.24) is 0 Å². The van der Waals surface area contributed by atoms with Crippen LogP contribution in [0.1, 0.15) is 31.2 Å². The van der Waals surface area contributed by atoms with Gasteiger partial charge in [0.1, 0.15) is 10.6 Å². The highest BCUT2D eigenvalue weighted by molar-refractivity contribution is 7.16. The third-order valence-corrected chi connectivity index (χ3v) is 4.42. The molecule has 2 rings (SSSR count). The summed E-state index contributed by atoms with van der Waals surface area (Å²) in [5.41, 5.74) is 3.85. The molecule has 2 amide bonds. The molecule has 24 heavy (non-hydrogen) atoms. The number of carbonyl (C=O) groups excluding carboxylic acids is 2. The number of rotatable bonds is 3. The molecule has 4 nitrogen and oxygen atoms in total. The minimum Gasteiger partial charge on any atom is -0.365 e. The molecular weight excluding hydrogens is 355 g/mol. The van der Waals surface area contributed by atoms with E-state index in [1.807, 2.05) is 5.32 Å². The van der Waals surface area contributed by atoms with Gasteiger partial charge in [0.25, 0.3) is 11.8 Å². The number of nitrogens with one attached hydrogen (secondary N) is 1. The SMILES string of the molecule is Cc1sc(NC(=O)c2c(F)c(F)c(F)c(F)c2F)c(C(N)=O)c1C. The fourth-order valence-corrected chi connectivity index (χ4v) is 3.04. The second-order valence-corrected chi connectivity index (χ2v) is 5.98. The summed E-state index contributed by atoms with van der Waals surface area (Å²) in [6, 6.07) is 0. The monoisotopic (exact) mass is 364 g/mol. The zero-order chi connectivity index (χ0) is 18.3. The van der Waals surface area contributed by atoms with Crippen molar-refractivity contribution in [3.63, 3.8) is 0 Å². The molecule has 0 aliphatic carbocycles. The van der Waals surface area contributed by atoms with Crippen LogP contribution >= 0.6 is 11.3 Å². The molecule has 3 N–H and O–H groups in total. The van der Waals surface area contributed by atoms with E-state index in [-0.39, 0.29) is 10.6 Å². The van der Waals surface area contributed by atoms with Gasteiger partial charge in [-0.15, -0.1) is 11.3 Å². The van der Waals surface area contributed by atoms with Gasteiger partial charge >= 0.3 is 0 Å². The summed E-state index contributed by atoms with van der Waals surface area (Å²) in [5.74, 6) is -13.9. The lowest BCUT2D eigenvalue weighted by Gasteiger charge is -2.09. The van der Waals surface area contributed by atoms with Gasteiger partial charge in [0.15, 0.2) is 23.3 Å². The molecule has 2 aromatic rings. The van der Waals surface area contributed by atoms with E-state index < -0.39 is 46.5 Å². The number of halogens is 5. The van der Waals surface area contributed by atoms with Crippen molar-refractivity contribution in [2.75, 3.05) is 5.32 Å². The van der Waals surface area contributed by atoms with Crippen LogP contribution in [-0.4, -0.2) is 11.8 Å². The Kier molecular flexibility index (Phi) is 4.61. The summed E-state index contributed by atoms with van der Waals surface area (Å²) < 4.78 is 66.6. The molecule has 0 spiro atoms. The highest BCUT2D eigenvalue weighted by Crippen LogP contribution is 2.33. The van der Waals surface area contributed by atoms with Gasteiger partial charge in [-0.25, -0.2) is 22.0 Å².